The van der Waals surface area contributed by atoms with Crippen molar-refractivity contribution in [3.8, 4) is 0 Å². The van der Waals surface area contributed by atoms with Crippen molar-refractivity contribution >= 4 is 34.7 Å². The zero-order valence-corrected chi connectivity index (χ0v) is 9.98. The van der Waals surface area contributed by atoms with Crippen molar-refractivity contribution in [1.29, 1.82) is 0 Å². The molecule has 16 heavy (non-hydrogen) atoms. The first-order chi connectivity index (χ1) is 7.58. The van der Waals surface area contributed by atoms with Gasteiger partial charge in [0.15, 0.2) is 0 Å². The van der Waals surface area contributed by atoms with Crippen LogP contribution in [0.25, 0.3) is 0 Å². The molecule has 0 unspecified atom stereocenters. The fourth-order valence-electron chi connectivity index (χ4n) is 1.75. The Bertz CT molecular complexity index is 426. The predicted molar refractivity (Wildman–Crippen MR) is 62.9 cm³/mol. The summed E-state index contributed by atoms with van der Waals surface area (Å²) in [4.78, 5) is 13.1. The van der Waals surface area contributed by atoms with Crippen LogP contribution in [-0.2, 0) is 4.79 Å². The van der Waals surface area contributed by atoms with Gasteiger partial charge in [-0.3, -0.25) is 4.79 Å². The maximum Gasteiger partial charge on any atom is 0.143 e. The minimum atomic E-state index is -0.525. The number of piperidine rings is 1. The molecule has 1 heterocycles. The number of carbonyl (C=O) groups is 1. The molecule has 1 saturated heterocycles. The molecule has 1 fully saturated rings. The Morgan fingerprint density at radius 2 is 1.75 bits per heavy atom. The van der Waals surface area contributed by atoms with Crippen molar-refractivity contribution < 1.29 is 9.18 Å². The molecule has 0 radical (unpaired) electrons. The standard InChI is InChI=1S/C11H10Cl2FNO/c12-8-6-11(9(13)5-10(8)14)15-3-1-7(16)2-4-15/h5-6H,1-4H2. The molecule has 0 aromatic heterocycles. The molecule has 5 heteroatoms. The van der Waals surface area contributed by atoms with Gasteiger partial charge in [-0.1, -0.05) is 23.2 Å². The van der Waals surface area contributed by atoms with E-state index in [4.69, 9.17) is 23.2 Å². The number of hydrogen-bond donors (Lipinski definition) is 0. The zero-order chi connectivity index (χ0) is 11.7. The number of carbonyl (C=O) groups excluding carboxylic acids is 1. The van der Waals surface area contributed by atoms with E-state index in [0.29, 0.717) is 36.6 Å². The molecule has 86 valence electrons. The Morgan fingerprint density at radius 3 is 2.38 bits per heavy atom. The third kappa shape index (κ3) is 2.30. The fourth-order valence-corrected chi connectivity index (χ4v) is 2.18. The zero-order valence-electron chi connectivity index (χ0n) is 8.47. The van der Waals surface area contributed by atoms with Crippen LogP contribution in [0.1, 0.15) is 12.8 Å². The Morgan fingerprint density at radius 1 is 1.12 bits per heavy atom. The minimum absolute atomic E-state index is 0.0521. The first-order valence-electron chi connectivity index (χ1n) is 4.99. The van der Waals surface area contributed by atoms with E-state index in [1.54, 1.807) is 0 Å². The number of ketones is 1. The molecule has 0 spiro atoms. The highest BCUT2D eigenvalue weighted by Crippen LogP contribution is 2.32. The summed E-state index contributed by atoms with van der Waals surface area (Å²) in [6.07, 6.45) is 1.01. The summed E-state index contributed by atoms with van der Waals surface area (Å²) in [5.41, 5.74) is 0.695. The summed E-state index contributed by atoms with van der Waals surface area (Å²) in [5, 5.41) is 0.382. The van der Waals surface area contributed by atoms with Crippen molar-refractivity contribution in [3.05, 3.63) is 28.0 Å². The summed E-state index contributed by atoms with van der Waals surface area (Å²) < 4.78 is 13.1. The Kier molecular flexibility index (Phi) is 3.36. The molecular weight excluding hydrogens is 252 g/mol. The van der Waals surface area contributed by atoms with E-state index < -0.39 is 5.82 Å². The largest absolute Gasteiger partial charge is 0.369 e. The number of rotatable bonds is 1. The molecular formula is C11H10Cl2FNO. The molecule has 0 amide bonds. The van der Waals surface area contributed by atoms with E-state index in [9.17, 15) is 9.18 Å². The lowest BCUT2D eigenvalue weighted by molar-refractivity contribution is -0.119. The van der Waals surface area contributed by atoms with Gasteiger partial charge in [-0.15, -0.1) is 0 Å². The molecule has 1 aromatic carbocycles. The highest BCUT2D eigenvalue weighted by molar-refractivity contribution is 6.35. The maximum absolute atomic E-state index is 13.1. The summed E-state index contributed by atoms with van der Waals surface area (Å²) in [6.45, 7) is 1.22. The number of hydrogen-bond acceptors (Lipinski definition) is 2. The van der Waals surface area contributed by atoms with Crippen LogP contribution in [0.3, 0.4) is 0 Å². The fraction of sp³-hybridized carbons (Fsp3) is 0.364. The quantitative estimate of drug-likeness (QED) is 0.724. The van der Waals surface area contributed by atoms with E-state index in [1.807, 2.05) is 4.90 Å². The van der Waals surface area contributed by atoms with Crippen molar-refractivity contribution in [1.82, 2.24) is 0 Å². The third-order valence-corrected chi connectivity index (χ3v) is 3.24. The second kappa shape index (κ2) is 4.60. The van der Waals surface area contributed by atoms with Crippen LogP contribution < -0.4 is 4.90 Å². The van der Waals surface area contributed by atoms with E-state index >= 15 is 0 Å². The van der Waals surface area contributed by atoms with Gasteiger partial charge >= 0.3 is 0 Å². The maximum atomic E-state index is 13.1. The van der Waals surface area contributed by atoms with Crippen molar-refractivity contribution in [2.24, 2.45) is 0 Å². The van der Waals surface area contributed by atoms with Crippen molar-refractivity contribution in [3.63, 3.8) is 0 Å². The number of anilines is 1. The van der Waals surface area contributed by atoms with Crippen LogP contribution in [0, 0.1) is 5.82 Å². The van der Waals surface area contributed by atoms with Gasteiger partial charge in [0.25, 0.3) is 0 Å². The molecule has 0 N–H and O–H groups in total. The van der Waals surface area contributed by atoms with Gasteiger partial charge < -0.3 is 4.90 Å². The molecule has 1 aliphatic heterocycles. The highest BCUT2D eigenvalue weighted by Gasteiger charge is 2.19. The first kappa shape index (κ1) is 11.7. The summed E-state index contributed by atoms with van der Waals surface area (Å²) in [7, 11) is 0. The monoisotopic (exact) mass is 261 g/mol. The Hall–Kier alpha value is -0.800. The number of nitrogens with zero attached hydrogens (tertiary/aromatic N) is 1. The van der Waals surface area contributed by atoms with Gasteiger partial charge in [0.05, 0.1) is 15.7 Å². The van der Waals surface area contributed by atoms with Crippen LogP contribution in [0.5, 0.6) is 0 Å². The molecule has 0 atom stereocenters. The van der Waals surface area contributed by atoms with Gasteiger partial charge in [-0.2, -0.15) is 0 Å². The average Bonchev–Trinajstić information content (AvgIpc) is 2.25. The predicted octanol–water partition coefficient (Wildman–Crippen LogP) is 3.30. The molecule has 0 saturated carbocycles. The average molecular weight is 262 g/mol. The van der Waals surface area contributed by atoms with Crippen LogP contribution in [0.15, 0.2) is 12.1 Å². The van der Waals surface area contributed by atoms with E-state index in [0.717, 1.165) is 0 Å². The third-order valence-electron chi connectivity index (χ3n) is 2.65. The van der Waals surface area contributed by atoms with Crippen LogP contribution in [-0.4, -0.2) is 18.9 Å². The lowest BCUT2D eigenvalue weighted by Gasteiger charge is -2.29. The van der Waals surface area contributed by atoms with Gasteiger partial charge in [0, 0.05) is 25.9 Å². The lowest BCUT2D eigenvalue weighted by Crippen LogP contribution is -2.33. The van der Waals surface area contributed by atoms with Gasteiger partial charge in [0.1, 0.15) is 11.6 Å². The minimum Gasteiger partial charge on any atom is -0.369 e. The molecule has 2 nitrogen and oxygen atoms in total. The summed E-state index contributed by atoms with van der Waals surface area (Å²) >= 11 is 11.7. The molecule has 0 aliphatic carbocycles. The van der Waals surface area contributed by atoms with E-state index in [2.05, 4.69) is 0 Å². The molecule has 1 aromatic rings. The number of Topliss-reactive ketones (excluding diaryl/α,β-unsaturated/α-hetero) is 1. The first-order valence-corrected chi connectivity index (χ1v) is 5.74. The molecule has 0 bridgehead atoms. The smallest absolute Gasteiger partial charge is 0.143 e. The van der Waals surface area contributed by atoms with E-state index in [1.165, 1.54) is 12.1 Å². The topological polar surface area (TPSA) is 20.3 Å². The Balaban J connectivity index is 2.26. The summed E-state index contributed by atoms with van der Waals surface area (Å²) in [5.74, 6) is -0.274. The van der Waals surface area contributed by atoms with Crippen molar-refractivity contribution in [2.75, 3.05) is 18.0 Å². The molecule has 2 rings (SSSR count). The van der Waals surface area contributed by atoms with E-state index in [-0.39, 0.29) is 10.8 Å². The number of benzene rings is 1. The van der Waals surface area contributed by atoms with Crippen LogP contribution in [0.2, 0.25) is 10.0 Å². The lowest BCUT2D eigenvalue weighted by atomic mass is 10.1. The van der Waals surface area contributed by atoms with Crippen LogP contribution >= 0.6 is 23.2 Å². The van der Waals surface area contributed by atoms with Gasteiger partial charge in [-0.05, 0) is 12.1 Å². The second-order valence-electron chi connectivity index (χ2n) is 3.74. The summed E-state index contributed by atoms with van der Waals surface area (Å²) in [6, 6.07) is 2.71. The second-order valence-corrected chi connectivity index (χ2v) is 4.56. The Labute approximate surface area is 103 Å². The van der Waals surface area contributed by atoms with Gasteiger partial charge in [0.2, 0.25) is 0 Å². The number of halogens is 3. The van der Waals surface area contributed by atoms with Gasteiger partial charge in [-0.25, -0.2) is 4.39 Å². The SMILES string of the molecule is O=C1CCN(c2cc(Cl)c(F)cc2Cl)CC1. The normalized spacial score (nSPS) is 16.7. The van der Waals surface area contributed by atoms with Crippen molar-refractivity contribution in [2.45, 2.75) is 12.8 Å². The highest BCUT2D eigenvalue weighted by atomic mass is 35.5. The molecule has 1 aliphatic rings. The van der Waals surface area contributed by atoms with Crippen LogP contribution in [0.4, 0.5) is 10.1 Å².